The lowest BCUT2D eigenvalue weighted by Gasteiger charge is -2.43. The van der Waals surface area contributed by atoms with Gasteiger partial charge in [0.05, 0.1) is 0 Å². The van der Waals surface area contributed by atoms with E-state index >= 15 is 0 Å². The number of alkyl carbamates (subject to hydrolysis) is 1. The summed E-state index contributed by atoms with van der Waals surface area (Å²) in [7, 11) is 0. The molecule has 1 aliphatic rings. The molecule has 1 aliphatic carbocycles. The van der Waals surface area contributed by atoms with Crippen molar-refractivity contribution in [1.29, 1.82) is 0 Å². The third kappa shape index (κ3) is 7.82. The molecule has 0 heterocycles. The smallest absolute Gasteiger partial charge is 0.408 e. The summed E-state index contributed by atoms with van der Waals surface area (Å²) in [5.74, 6) is -0.122. The number of hydrogen-bond donors (Lipinski definition) is 3. The van der Waals surface area contributed by atoms with Gasteiger partial charge in [0.1, 0.15) is 23.4 Å². The van der Waals surface area contributed by atoms with Crippen LogP contribution in [-0.4, -0.2) is 63.6 Å². The number of amides is 3. The van der Waals surface area contributed by atoms with Gasteiger partial charge in [-0.3, -0.25) is 9.59 Å². The van der Waals surface area contributed by atoms with Gasteiger partial charge >= 0.3 is 6.09 Å². The van der Waals surface area contributed by atoms with Crippen LogP contribution in [0.1, 0.15) is 71.9 Å². The molecule has 8 nitrogen and oxygen atoms in total. The van der Waals surface area contributed by atoms with E-state index in [0.717, 1.165) is 19.3 Å². The zero-order valence-corrected chi connectivity index (χ0v) is 21.9. The van der Waals surface area contributed by atoms with E-state index in [2.05, 4.69) is 10.6 Å². The fourth-order valence-electron chi connectivity index (χ4n) is 3.81. The van der Waals surface area contributed by atoms with Gasteiger partial charge in [0.2, 0.25) is 11.8 Å². The van der Waals surface area contributed by atoms with E-state index in [1.165, 1.54) is 6.07 Å². The van der Waals surface area contributed by atoms with Crippen molar-refractivity contribution < 1.29 is 24.2 Å². The van der Waals surface area contributed by atoms with Crippen LogP contribution in [0.15, 0.2) is 24.3 Å². The van der Waals surface area contributed by atoms with Gasteiger partial charge in [-0.25, -0.2) is 4.79 Å². The van der Waals surface area contributed by atoms with E-state index in [-0.39, 0.29) is 29.6 Å². The summed E-state index contributed by atoms with van der Waals surface area (Å²) in [6.45, 7) is 8.98. The second-order valence-corrected chi connectivity index (χ2v) is 10.9. The van der Waals surface area contributed by atoms with Crippen LogP contribution in [0, 0.1) is 0 Å². The number of carbonyl (C=O) groups is 3. The quantitative estimate of drug-likeness (QED) is 0.455. The van der Waals surface area contributed by atoms with E-state index < -0.39 is 23.8 Å². The number of benzene rings is 1. The van der Waals surface area contributed by atoms with Crippen molar-refractivity contribution in [3.63, 3.8) is 0 Å². The Morgan fingerprint density at radius 1 is 1.18 bits per heavy atom. The van der Waals surface area contributed by atoms with E-state index in [0.29, 0.717) is 17.7 Å². The third-order valence-electron chi connectivity index (χ3n) is 5.51. The highest BCUT2D eigenvalue weighted by atomic mass is 32.2. The van der Waals surface area contributed by atoms with Gasteiger partial charge in [-0.2, -0.15) is 11.8 Å². The zero-order chi connectivity index (χ0) is 25.5. The predicted octanol–water partition coefficient (Wildman–Crippen LogP) is 3.99. The Balaban J connectivity index is 2.46. The van der Waals surface area contributed by atoms with Gasteiger partial charge < -0.3 is 25.4 Å². The summed E-state index contributed by atoms with van der Waals surface area (Å²) < 4.78 is 5.40. The normalized spacial score (nSPS) is 15.7. The van der Waals surface area contributed by atoms with Crippen molar-refractivity contribution >= 4 is 29.7 Å². The van der Waals surface area contributed by atoms with E-state index in [9.17, 15) is 19.5 Å². The fraction of sp³-hybridized carbons (Fsp3) is 0.640. The van der Waals surface area contributed by atoms with Crippen molar-refractivity contribution in [2.45, 2.75) is 90.1 Å². The summed E-state index contributed by atoms with van der Waals surface area (Å²) in [4.78, 5) is 41.5. The lowest BCUT2D eigenvalue weighted by atomic mass is 9.87. The van der Waals surface area contributed by atoms with Gasteiger partial charge in [0.15, 0.2) is 0 Å². The Morgan fingerprint density at radius 2 is 1.82 bits per heavy atom. The average molecular weight is 494 g/mol. The average Bonchev–Trinajstić information content (AvgIpc) is 2.68. The van der Waals surface area contributed by atoms with Gasteiger partial charge in [0, 0.05) is 17.6 Å². The first-order valence-electron chi connectivity index (χ1n) is 11.8. The number of ether oxygens (including phenoxy) is 1. The summed E-state index contributed by atoms with van der Waals surface area (Å²) in [6, 6.07) is 4.41. The van der Waals surface area contributed by atoms with Crippen LogP contribution in [-0.2, 0) is 14.3 Å². The number of aromatic hydroxyl groups is 1. The summed E-state index contributed by atoms with van der Waals surface area (Å²) in [6.07, 6.45) is 4.11. The highest BCUT2D eigenvalue weighted by Crippen LogP contribution is 2.37. The Hall–Kier alpha value is -2.42. The molecule has 2 atom stereocenters. The topological polar surface area (TPSA) is 108 Å². The molecule has 9 heteroatoms. The summed E-state index contributed by atoms with van der Waals surface area (Å²) in [5, 5.41) is 16.2. The molecule has 0 aromatic heterocycles. The minimum absolute atomic E-state index is 0.0516. The molecule has 0 aliphatic heterocycles. The highest BCUT2D eigenvalue weighted by molar-refractivity contribution is 7.98. The Bertz CT molecular complexity index is 851. The van der Waals surface area contributed by atoms with Crippen LogP contribution in [0.3, 0.4) is 0 Å². The van der Waals surface area contributed by atoms with E-state index in [1.807, 2.05) is 20.1 Å². The number of carbonyl (C=O) groups excluding carboxylic acids is 3. The van der Waals surface area contributed by atoms with Crippen LogP contribution >= 0.6 is 11.8 Å². The molecule has 190 valence electrons. The first kappa shape index (κ1) is 27.8. The molecule has 3 amide bonds. The monoisotopic (exact) mass is 493 g/mol. The lowest BCUT2D eigenvalue weighted by molar-refractivity contribution is -0.147. The largest absolute Gasteiger partial charge is 0.508 e. The first-order chi connectivity index (χ1) is 15.9. The number of nitrogens with zero attached hydrogens (tertiary/aromatic N) is 1. The molecule has 2 unspecified atom stereocenters. The van der Waals surface area contributed by atoms with E-state index in [1.54, 1.807) is 55.6 Å². The summed E-state index contributed by atoms with van der Waals surface area (Å²) >= 11 is 1.57. The number of rotatable bonds is 10. The van der Waals surface area contributed by atoms with Crippen molar-refractivity contribution in [1.82, 2.24) is 15.5 Å². The number of thioether (sulfide) groups is 1. The molecule has 1 fully saturated rings. The molecule has 1 saturated carbocycles. The molecular formula is C25H39N3O5S. The molecule has 0 spiro atoms. The molecule has 0 saturated heterocycles. The second-order valence-electron chi connectivity index (χ2n) is 9.94. The highest BCUT2D eigenvalue weighted by Gasteiger charge is 2.42. The molecule has 34 heavy (non-hydrogen) atoms. The minimum atomic E-state index is -1.02. The standard InChI is InChI=1S/C25H39N3O5S/c1-16(2)26-22(30)21(18-12-7-8-13-20(18)29)28(17-10-9-11-17)23(31)19(14-15-34-6)27-24(32)33-25(3,4)5/h7-8,12-13,16-17,19,21,29H,9-11,14-15H2,1-6H3,(H,26,30)(H,27,32). The van der Waals surface area contributed by atoms with Crippen LogP contribution in [0.2, 0.25) is 0 Å². The molecular weight excluding hydrogens is 454 g/mol. The molecule has 0 bridgehead atoms. The third-order valence-corrected chi connectivity index (χ3v) is 6.16. The second kappa shape index (κ2) is 12.3. The number of phenolic OH excluding ortho intramolecular Hbond substituents is 1. The van der Waals surface area contributed by atoms with Crippen LogP contribution in [0.5, 0.6) is 5.75 Å². The maximum Gasteiger partial charge on any atom is 0.408 e. The minimum Gasteiger partial charge on any atom is -0.508 e. The van der Waals surface area contributed by atoms with Crippen molar-refractivity contribution in [3.8, 4) is 5.75 Å². The number of hydrogen-bond acceptors (Lipinski definition) is 6. The molecule has 1 aromatic rings. The zero-order valence-electron chi connectivity index (χ0n) is 21.1. The summed E-state index contributed by atoms with van der Waals surface area (Å²) in [5.41, 5.74) is -0.345. The Labute approximate surface area is 207 Å². The maximum absolute atomic E-state index is 14.0. The molecule has 3 N–H and O–H groups in total. The molecule has 0 radical (unpaired) electrons. The molecule has 1 aromatic carbocycles. The Morgan fingerprint density at radius 3 is 2.32 bits per heavy atom. The molecule has 2 rings (SSSR count). The number of nitrogens with one attached hydrogen (secondary N) is 2. The van der Waals surface area contributed by atoms with Crippen molar-refractivity contribution in [3.05, 3.63) is 29.8 Å². The van der Waals surface area contributed by atoms with Gasteiger partial charge in [0.25, 0.3) is 0 Å². The van der Waals surface area contributed by atoms with Gasteiger partial charge in [-0.1, -0.05) is 18.2 Å². The number of para-hydroxylation sites is 1. The van der Waals surface area contributed by atoms with Crippen LogP contribution in [0.25, 0.3) is 0 Å². The lowest BCUT2D eigenvalue weighted by Crippen LogP contribution is -2.58. The fourth-order valence-corrected chi connectivity index (χ4v) is 4.28. The predicted molar refractivity (Wildman–Crippen MR) is 135 cm³/mol. The SMILES string of the molecule is CSCCC(NC(=O)OC(C)(C)C)C(=O)N(C1CCC1)C(C(=O)NC(C)C)c1ccccc1O. The van der Waals surface area contributed by atoms with Crippen molar-refractivity contribution in [2.24, 2.45) is 0 Å². The van der Waals surface area contributed by atoms with Gasteiger partial charge in [-0.15, -0.1) is 0 Å². The van der Waals surface area contributed by atoms with Crippen molar-refractivity contribution in [2.75, 3.05) is 12.0 Å². The van der Waals surface area contributed by atoms with Crippen LogP contribution in [0.4, 0.5) is 4.79 Å². The van der Waals surface area contributed by atoms with Gasteiger partial charge in [-0.05, 0) is 78.4 Å². The first-order valence-corrected chi connectivity index (χ1v) is 13.2. The Kier molecular flexibility index (Phi) is 10.1. The number of phenols is 1. The maximum atomic E-state index is 14.0. The van der Waals surface area contributed by atoms with Crippen LogP contribution < -0.4 is 10.6 Å². The van der Waals surface area contributed by atoms with E-state index in [4.69, 9.17) is 4.74 Å².